The number of ketones is 1. The Kier molecular flexibility index (Phi) is 19.1. The number of unbranched alkanes of at least 4 members (excludes halogenated alkanes) is 2. The minimum Gasteiger partial charge on any atom is -0.386 e. The largest absolute Gasteiger partial charge is 0.481 e. The lowest BCUT2D eigenvalue weighted by Crippen LogP contribution is -2.46. The maximum Gasteiger partial charge on any atom is 0.481 e. The monoisotopic (exact) mass is 922 g/mol. The van der Waals surface area contributed by atoms with Gasteiger partial charge in [-0.15, -0.1) is 0 Å². The lowest BCUT2D eigenvalue weighted by molar-refractivity contribution is -0.137. The molecule has 59 heavy (non-hydrogen) atoms. The number of rotatable bonds is 26. The Labute approximate surface area is 340 Å². The van der Waals surface area contributed by atoms with Gasteiger partial charge >= 0.3 is 23.5 Å². The summed E-state index contributed by atoms with van der Waals surface area (Å²) in [5, 5.41) is 26.0. The molecule has 1 aliphatic rings. The Hall–Kier alpha value is -2.81. The van der Waals surface area contributed by atoms with E-state index >= 15 is 0 Å². The number of carbonyl (C=O) groups is 4. The summed E-state index contributed by atoms with van der Waals surface area (Å²) in [6.07, 6.45) is -4.67. The SMILES string of the molecule is CC(C)(COP(=O)(O)OP(=O)(O)OC[C@H]1O[C@@H](n2cnc3c(N)ncnc32)[C@H](O)[C@@H]1OP(=O)(O)O)[C@@H](O)C(=O)NCCC(=O)NCCSC(=O)CC(=O)CCCCCN. The average Bonchev–Trinajstić information content (AvgIpc) is 3.70. The van der Waals surface area contributed by atoms with Crippen LogP contribution in [-0.2, 0) is 55.5 Å². The Morgan fingerprint density at radius 3 is 2.37 bits per heavy atom. The number of anilines is 1. The average molecular weight is 923 g/mol. The van der Waals surface area contributed by atoms with Crippen LogP contribution in [0.3, 0.4) is 0 Å². The third-order valence-electron chi connectivity index (χ3n) is 8.27. The first-order valence-corrected chi connectivity index (χ1v) is 23.2. The van der Waals surface area contributed by atoms with Crippen LogP contribution in [0.1, 0.15) is 58.6 Å². The molecule has 3 heterocycles. The first-order valence-electron chi connectivity index (χ1n) is 17.7. The van der Waals surface area contributed by atoms with Gasteiger partial charge in [-0.05, 0) is 19.4 Å². The molecule has 0 bridgehead atoms. The summed E-state index contributed by atoms with van der Waals surface area (Å²) in [6, 6.07) is 0. The minimum atomic E-state index is -5.59. The van der Waals surface area contributed by atoms with Crippen molar-refractivity contribution in [2.45, 2.75) is 83.0 Å². The molecule has 3 rings (SSSR count). The minimum absolute atomic E-state index is 0.0232. The number of imidazole rings is 1. The summed E-state index contributed by atoms with van der Waals surface area (Å²) >= 11 is 0.901. The summed E-state index contributed by atoms with van der Waals surface area (Å²) in [7, 11) is -16.4. The van der Waals surface area contributed by atoms with Gasteiger partial charge in [-0.25, -0.2) is 28.6 Å². The van der Waals surface area contributed by atoms with Gasteiger partial charge in [-0.1, -0.05) is 32.0 Å². The van der Waals surface area contributed by atoms with Gasteiger partial charge in [-0.2, -0.15) is 4.31 Å². The van der Waals surface area contributed by atoms with E-state index < -0.39 is 84.6 Å². The van der Waals surface area contributed by atoms with Gasteiger partial charge in [0.05, 0.1) is 26.0 Å². The third kappa shape index (κ3) is 16.5. The number of hydrogen-bond acceptors (Lipinski definition) is 20. The zero-order valence-electron chi connectivity index (χ0n) is 31.8. The van der Waals surface area contributed by atoms with Crippen molar-refractivity contribution < 1.29 is 85.3 Å². The number of fused-ring (bicyclic) bond motifs is 1. The van der Waals surface area contributed by atoms with Crippen molar-refractivity contribution >= 4 is 74.9 Å². The zero-order valence-corrected chi connectivity index (χ0v) is 35.3. The van der Waals surface area contributed by atoms with Crippen LogP contribution in [0.2, 0.25) is 0 Å². The number of phosphoric acid groups is 3. The number of nitrogens with one attached hydrogen (secondary N) is 2. The van der Waals surface area contributed by atoms with Gasteiger partial charge in [0.2, 0.25) is 11.8 Å². The molecule has 334 valence electrons. The molecule has 1 aliphatic heterocycles. The van der Waals surface area contributed by atoms with Crippen molar-refractivity contribution in [1.29, 1.82) is 0 Å². The van der Waals surface area contributed by atoms with E-state index in [-0.39, 0.29) is 59.6 Å². The number of nitrogens with zero attached hydrogens (tertiary/aromatic N) is 4. The molecule has 30 heteroatoms. The van der Waals surface area contributed by atoms with Crippen molar-refractivity contribution in [3.05, 3.63) is 12.7 Å². The highest BCUT2D eigenvalue weighted by Gasteiger charge is 2.50. The normalized spacial score (nSPS) is 21.1. The van der Waals surface area contributed by atoms with Gasteiger partial charge in [0.1, 0.15) is 42.0 Å². The van der Waals surface area contributed by atoms with Gasteiger partial charge < -0.3 is 56.6 Å². The van der Waals surface area contributed by atoms with Gasteiger partial charge in [0.25, 0.3) is 0 Å². The van der Waals surface area contributed by atoms with Crippen LogP contribution in [0.4, 0.5) is 5.82 Å². The van der Waals surface area contributed by atoms with Gasteiger partial charge in [0.15, 0.2) is 22.8 Å². The number of hydrogen-bond donors (Lipinski definition) is 10. The predicted molar refractivity (Wildman–Crippen MR) is 204 cm³/mol. The third-order valence-corrected chi connectivity index (χ3v) is 12.2. The number of ether oxygens (including phenoxy) is 1. The zero-order chi connectivity index (χ0) is 44.2. The number of amides is 2. The van der Waals surface area contributed by atoms with Crippen LogP contribution in [0.5, 0.6) is 0 Å². The first kappa shape index (κ1) is 50.5. The van der Waals surface area contributed by atoms with Crippen LogP contribution in [0.15, 0.2) is 12.7 Å². The molecule has 7 atom stereocenters. The van der Waals surface area contributed by atoms with E-state index in [1.165, 1.54) is 13.8 Å². The fourth-order valence-electron chi connectivity index (χ4n) is 5.24. The number of aliphatic hydroxyl groups excluding tert-OH is 2. The number of aromatic nitrogens is 4. The summed E-state index contributed by atoms with van der Waals surface area (Å²) in [4.78, 5) is 99.5. The van der Waals surface area contributed by atoms with Crippen LogP contribution < -0.4 is 22.1 Å². The second-order valence-electron chi connectivity index (χ2n) is 13.6. The lowest BCUT2D eigenvalue weighted by Gasteiger charge is -2.30. The standard InChI is InChI=1S/C29H49N8O18P3S/c1-29(2,24(42)27(43)33-9-7-19(39)32-10-11-59-20(40)12-17(38)6-4-3-5-8-30)14-52-58(49,50)55-57(47,48)51-13-18-23(54-56(44,45)46)22(41)28(53-18)37-16-36-21-25(31)34-15-35-26(21)37/h15-16,18,22-24,28,41-42H,3-14,30H2,1-2H3,(H,32,39)(H,33,43)(H,47,48)(H,49,50)(H2,31,34,35)(H2,44,45,46)/t18-,22-,23-,24+,28-/m1/s1. The van der Waals surface area contributed by atoms with Crippen molar-refractivity contribution in [2.24, 2.45) is 11.1 Å². The molecule has 2 aromatic heterocycles. The van der Waals surface area contributed by atoms with E-state index in [2.05, 4.69) is 34.4 Å². The smallest absolute Gasteiger partial charge is 0.386 e. The molecule has 12 N–H and O–H groups in total. The van der Waals surface area contributed by atoms with Crippen LogP contribution in [0, 0.1) is 5.41 Å². The molecule has 0 aliphatic carbocycles. The molecule has 2 amide bonds. The second kappa shape index (κ2) is 22.3. The molecule has 26 nitrogen and oxygen atoms in total. The fourth-order valence-corrected chi connectivity index (χ4v) is 8.76. The molecular weight excluding hydrogens is 873 g/mol. The summed E-state index contributed by atoms with van der Waals surface area (Å²) in [6.45, 7) is 0.826. The summed E-state index contributed by atoms with van der Waals surface area (Å²) in [5.74, 6) is -1.50. The highest BCUT2D eigenvalue weighted by Crippen LogP contribution is 2.61. The summed E-state index contributed by atoms with van der Waals surface area (Å²) in [5.41, 5.74) is 9.63. The van der Waals surface area contributed by atoms with E-state index in [1.54, 1.807) is 0 Å². The molecule has 0 saturated carbocycles. The Morgan fingerprint density at radius 2 is 1.69 bits per heavy atom. The van der Waals surface area contributed by atoms with E-state index in [1.807, 2.05) is 0 Å². The lowest BCUT2D eigenvalue weighted by atomic mass is 9.87. The van der Waals surface area contributed by atoms with Crippen molar-refractivity contribution in [2.75, 3.05) is 44.3 Å². The Balaban J connectivity index is 1.44. The molecule has 2 aromatic rings. The predicted octanol–water partition coefficient (Wildman–Crippen LogP) is -0.857. The molecule has 0 radical (unpaired) electrons. The highest BCUT2D eigenvalue weighted by atomic mass is 32.2. The van der Waals surface area contributed by atoms with Gasteiger partial charge in [-0.3, -0.25) is 37.3 Å². The second-order valence-corrected chi connectivity index (χ2v) is 19.0. The highest BCUT2D eigenvalue weighted by molar-refractivity contribution is 8.13. The topological polar surface area (TPSA) is 407 Å². The van der Waals surface area contributed by atoms with E-state index in [4.69, 9.17) is 25.3 Å². The van der Waals surface area contributed by atoms with Crippen LogP contribution in [-0.4, -0.2) is 135 Å². The Bertz CT molecular complexity index is 1920. The van der Waals surface area contributed by atoms with Crippen LogP contribution >= 0.6 is 35.2 Å². The molecular formula is C29H49N8O18P3S. The number of carbonyl (C=O) groups excluding carboxylic acids is 4. The first-order chi connectivity index (χ1) is 27.4. The van der Waals surface area contributed by atoms with Crippen molar-refractivity contribution in [1.82, 2.24) is 30.2 Å². The number of Topliss-reactive ketones (excluding diaryl/α,β-unsaturated/α-hetero) is 1. The molecule has 0 spiro atoms. The molecule has 2 unspecified atom stereocenters. The molecule has 1 saturated heterocycles. The fraction of sp³-hybridized carbons (Fsp3) is 0.690. The van der Waals surface area contributed by atoms with E-state index in [0.717, 1.165) is 41.8 Å². The molecule has 0 aromatic carbocycles. The maximum absolute atomic E-state index is 12.7. The quantitative estimate of drug-likeness (QED) is 0.0312. The Morgan fingerprint density at radius 1 is 1.00 bits per heavy atom. The molecule has 1 fully saturated rings. The van der Waals surface area contributed by atoms with Crippen molar-refractivity contribution in [3.63, 3.8) is 0 Å². The van der Waals surface area contributed by atoms with Crippen LogP contribution in [0.25, 0.3) is 11.2 Å². The number of nitrogens with two attached hydrogens (primary N) is 2. The number of thioether (sulfide) groups is 1. The number of nitrogen functional groups attached to an aromatic ring is 1. The van der Waals surface area contributed by atoms with E-state index in [0.29, 0.717) is 19.4 Å². The maximum atomic E-state index is 12.7. The number of aliphatic hydroxyl groups is 2. The summed E-state index contributed by atoms with van der Waals surface area (Å²) < 4.78 is 62.1. The van der Waals surface area contributed by atoms with Crippen molar-refractivity contribution in [3.8, 4) is 0 Å². The number of phosphoric ester groups is 3. The van der Waals surface area contributed by atoms with E-state index in [9.17, 15) is 62.7 Å². The van der Waals surface area contributed by atoms with Gasteiger partial charge in [0, 0.05) is 37.1 Å².